The molecule has 0 bridgehead atoms. The van der Waals surface area contributed by atoms with Crippen LogP contribution in [0.25, 0.3) is 0 Å². The summed E-state index contributed by atoms with van der Waals surface area (Å²) < 4.78 is 32.1. The predicted molar refractivity (Wildman–Crippen MR) is 73.5 cm³/mol. The van der Waals surface area contributed by atoms with Gasteiger partial charge in [-0.15, -0.1) is 11.8 Å². The summed E-state index contributed by atoms with van der Waals surface area (Å²) >= 11 is 1.36. The van der Waals surface area contributed by atoms with Crippen molar-refractivity contribution in [3.63, 3.8) is 0 Å². The lowest BCUT2D eigenvalue weighted by Gasteiger charge is -2.23. The highest BCUT2D eigenvalue weighted by atomic mass is 32.2. The summed E-state index contributed by atoms with van der Waals surface area (Å²) in [6, 6.07) is 3.86. The van der Waals surface area contributed by atoms with Crippen LogP contribution in [0.15, 0.2) is 23.1 Å². The van der Waals surface area contributed by atoms with Crippen LogP contribution in [0.2, 0.25) is 0 Å². The van der Waals surface area contributed by atoms with Gasteiger partial charge in [-0.2, -0.15) is 0 Å². The van der Waals surface area contributed by atoms with E-state index in [1.54, 1.807) is 0 Å². The van der Waals surface area contributed by atoms with Crippen LogP contribution in [0.4, 0.5) is 8.78 Å². The molecule has 19 heavy (non-hydrogen) atoms. The molecule has 0 radical (unpaired) electrons. The summed E-state index contributed by atoms with van der Waals surface area (Å²) in [4.78, 5) is 0.377. The molecule has 106 valence electrons. The van der Waals surface area contributed by atoms with Crippen molar-refractivity contribution in [1.29, 1.82) is 0 Å². The Bertz CT molecular complexity index is 410. The Kier molecular flexibility index (Phi) is 5.60. The van der Waals surface area contributed by atoms with Crippen molar-refractivity contribution in [3.8, 4) is 0 Å². The van der Waals surface area contributed by atoms with Gasteiger partial charge in [0, 0.05) is 29.2 Å². The Balaban J connectivity index is 1.95. The highest BCUT2D eigenvalue weighted by molar-refractivity contribution is 7.99. The van der Waals surface area contributed by atoms with E-state index in [0.717, 1.165) is 38.0 Å². The van der Waals surface area contributed by atoms with Crippen LogP contribution in [-0.2, 0) is 4.74 Å². The van der Waals surface area contributed by atoms with Crippen LogP contribution in [-0.4, -0.2) is 31.6 Å². The zero-order valence-electron chi connectivity index (χ0n) is 11.0. The fraction of sp³-hybridized carbons (Fsp3) is 0.571. The first-order chi connectivity index (χ1) is 9.20. The largest absolute Gasteiger partial charge is 0.381 e. The number of hydrogen-bond donors (Lipinski definition) is 1. The molecule has 2 nitrogen and oxygen atoms in total. The lowest BCUT2D eigenvalue weighted by molar-refractivity contribution is 0.179. The number of rotatable bonds is 6. The van der Waals surface area contributed by atoms with Crippen LogP contribution < -0.4 is 5.32 Å². The fourth-order valence-corrected chi connectivity index (χ4v) is 3.41. The molecule has 1 aliphatic rings. The van der Waals surface area contributed by atoms with Crippen molar-refractivity contribution in [3.05, 3.63) is 29.8 Å². The maximum atomic E-state index is 13.6. The van der Waals surface area contributed by atoms with Crippen LogP contribution in [0.1, 0.15) is 13.3 Å². The molecule has 0 aromatic heterocycles. The van der Waals surface area contributed by atoms with Gasteiger partial charge in [-0.05, 0) is 31.2 Å². The molecule has 1 fully saturated rings. The zero-order chi connectivity index (χ0) is 13.7. The highest BCUT2D eigenvalue weighted by Gasteiger charge is 2.25. The average molecular weight is 287 g/mol. The van der Waals surface area contributed by atoms with E-state index in [1.807, 2.05) is 0 Å². The van der Waals surface area contributed by atoms with Crippen LogP contribution in [0, 0.1) is 17.6 Å². The molecule has 1 heterocycles. The second-order valence-corrected chi connectivity index (χ2v) is 5.74. The van der Waals surface area contributed by atoms with E-state index in [9.17, 15) is 8.78 Å². The first-order valence-electron chi connectivity index (χ1n) is 6.59. The summed E-state index contributed by atoms with van der Waals surface area (Å²) in [5.41, 5.74) is 0. The molecule has 5 heteroatoms. The second-order valence-electron chi connectivity index (χ2n) is 4.67. The number of ether oxygens (including phenoxy) is 1. The molecule has 1 aliphatic heterocycles. The maximum absolute atomic E-state index is 13.6. The predicted octanol–water partition coefficient (Wildman–Crippen LogP) is 3.07. The van der Waals surface area contributed by atoms with Crippen molar-refractivity contribution in [2.75, 3.05) is 25.5 Å². The third-order valence-corrected chi connectivity index (χ3v) is 4.46. The Morgan fingerprint density at radius 2 is 2.32 bits per heavy atom. The molecule has 1 aromatic carbocycles. The first-order valence-corrected chi connectivity index (χ1v) is 7.58. The SMILES string of the molecule is CCNC(CSc1cc(F)ccc1F)C1CCOC1. The number of nitrogens with one attached hydrogen (secondary N) is 1. The maximum Gasteiger partial charge on any atom is 0.136 e. The second kappa shape index (κ2) is 7.22. The Hall–Kier alpha value is -0.650. The molecule has 1 N–H and O–H groups in total. The van der Waals surface area contributed by atoms with E-state index in [1.165, 1.54) is 23.9 Å². The smallest absolute Gasteiger partial charge is 0.136 e. The van der Waals surface area contributed by atoms with Gasteiger partial charge in [0.25, 0.3) is 0 Å². The van der Waals surface area contributed by atoms with E-state index >= 15 is 0 Å². The zero-order valence-corrected chi connectivity index (χ0v) is 11.8. The third kappa shape index (κ3) is 4.16. The van der Waals surface area contributed by atoms with Gasteiger partial charge in [-0.25, -0.2) is 8.78 Å². The van der Waals surface area contributed by atoms with Gasteiger partial charge >= 0.3 is 0 Å². The summed E-state index contributed by atoms with van der Waals surface area (Å²) in [5, 5.41) is 3.41. The van der Waals surface area contributed by atoms with Gasteiger partial charge < -0.3 is 10.1 Å². The van der Waals surface area contributed by atoms with E-state index in [-0.39, 0.29) is 11.9 Å². The number of thioether (sulfide) groups is 1. The van der Waals surface area contributed by atoms with Gasteiger partial charge in [-0.3, -0.25) is 0 Å². The lowest BCUT2D eigenvalue weighted by Crippen LogP contribution is -2.38. The molecule has 1 saturated heterocycles. The number of hydrogen-bond acceptors (Lipinski definition) is 3. The highest BCUT2D eigenvalue weighted by Crippen LogP contribution is 2.27. The van der Waals surface area contributed by atoms with E-state index < -0.39 is 5.82 Å². The fourth-order valence-electron chi connectivity index (χ4n) is 2.26. The summed E-state index contributed by atoms with van der Waals surface area (Å²) in [6.07, 6.45) is 1.03. The molecule has 0 amide bonds. The monoisotopic (exact) mass is 287 g/mol. The standard InChI is InChI=1S/C14H19F2NOS/c1-2-17-13(10-5-6-18-8-10)9-19-14-7-11(15)3-4-12(14)16/h3-4,7,10,13,17H,2,5-6,8-9H2,1H3. The van der Waals surface area contributed by atoms with Crippen LogP contribution in [0.5, 0.6) is 0 Å². The molecule has 2 rings (SSSR count). The Morgan fingerprint density at radius 3 is 3.00 bits per heavy atom. The van der Waals surface area contributed by atoms with Crippen molar-refractivity contribution in [1.82, 2.24) is 5.32 Å². The molecule has 2 unspecified atom stereocenters. The van der Waals surface area contributed by atoms with E-state index in [2.05, 4.69) is 12.2 Å². The van der Waals surface area contributed by atoms with E-state index in [0.29, 0.717) is 10.8 Å². The van der Waals surface area contributed by atoms with Gasteiger partial charge in [0.15, 0.2) is 0 Å². The summed E-state index contributed by atoms with van der Waals surface area (Å²) in [6.45, 7) is 4.47. The van der Waals surface area contributed by atoms with Crippen molar-refractivity contribution in [2.24, 2.45) is 5.92 Å². The van der Waals surface area contributed by atoms with Crippen molar-refractivity contribution >= 4 is 11.8 Å². The van der Waals surface area contributed by atoms with Gasteiger partial charge in [-0.1, -0.05) is 6.92 Å². The van der Waals surface area contributed by atoms with E-state index in [4.69, 9.17) is 4.74 Å². The minimum atomic E-state index is -0.395. The molecule has 0 aliphatic carbocycles. The Morgan fingerprint density at radius 1 is 1.47 bits per heavy atom. The first kappa shape index (κ1) is 14.8. The summed E-state index contributed by atoms with van der Waals surface area (Å²) in [5.74, 6) is 0.434. The molecule has 2 atom stereocenters. The third-order valence-electron chi connectivity index (χ3n) is 3.31. The number of halogens is 2. The van der Waals surface area contributed by atoms with Gasteiger partial charge in [0.05, 0.1) is 6.61 Å². The van der Waals surface area contributed by atoms with Gasteiger partial charge in [0.2, 0.25) is 0 Å². The Labute approximate surface area is 116 Å². The minimum Gasteiger partial charge on any atom is -0.381 e. The molecule has 0 spiro atoms. The number of benzene rings is 1. The quantitative estimate of drug-likeness (QED) is 0.813. The lowest BCUT2D eigenvalue weighted by atomic mass is 10.0. The topological polar surface area (TPSA) is 21.3 Å². The van der Waals surface area contributed by atoms with Crippen molar-refractivity contribution in [2.45, 2.75) is 24.3 Å². The molecular formula is C14H19F2NOS. The van der Waals surface area contributed by atoms with Crippen molar-refractivity contribution < 1.29 is 13.5 Å². The summed E-state index contributed by atoms with van der Waals surface area (Å²) in [7, 11) is 0. The normalized spacial score (nSPS) is 20.7. The molecule has 0 saturated carbocycles. The average Bonchev–Trinajstić information content (AvgIpc) is 2.92. The molecule has 1 aromatic rings. The van der Waals surface area contributed by atoms with Crippen LogP contribution in [0.3, 0.4) is 0 Å². The van der Waals surface area contributed by atoms with Gasteiger partial charge in [0.1, 0.15) is 11.6 Å². The molecular weight excluding hydrogens is 268 g/mol. The van der Waals surface area contributed by atoms with Crippen LogP contribution >= 0.6 is 11.8 Å². The minimum absolute atomic E-state index is 0.278.